The molecule has 0 radical (unpaired) electrons. The molecule has 6 heteroatoms. The summed E-state index contributed by atoms with van der Waals surface area (Å²) in [7, 11) is 4.04. The molecule has 2 N–H and O–H groups in total. The van der Waals surface area contributed by atoms with Crippen molar-refractivity contribution in [3.63, 3.8) is 0 Å². The van der Waals surface area contributed by atoms with Crippen molar-refractivity contribution < 1.29 is 9.90 Å². The maximum absolute atomic E-state index is 12.9. The summed E-state index contributed by atoms with van der Waals surface area (Å²) in [6.07, 6.45) is 6.33. The highest BCUT2D eigenvalue weighted by Crippen LogP contribution is 2.28. The third-order valence-corrected chi connectivity index (χ3v) is 5.25. The second-order valence-electron chi connectivity index (χ2n) is 7.77. The highest BCUT2D eigenvalue weighted by molar-refractivity contribution is 5.99. The Bertz CT molecular complexity index is 749. The fourth-order valence-corrected chi connectivity index (χ4v) is 3.64. The Hall–Kier alpha value is -2.18. The Morgan fingerprint density at radius 2 is 1.93 bits per heavy atom. The molecule has 1 heterocycles. The topological polar surface area (TPSA) is 70.4 Å². The molecule has 27 heavy (non-hydrogen) atoms. The van der Waals surface area contributed by atoms with Gasteiger partial charge in [0.05, 0.1) is 29.6 Å². The molecule has 1 aliphatic carbocycles. The predicted molar refractivity (Wildman–Crippen MR) is 107 cm³/mol. The molecule has 1 fully saturated rings. The number of hydrogen-bond donors (Lipinski definition) is 2. The lowest BCUT2D eigenvalue weighted by atomic mass is 9.85. The van der Waals surface area contributed by atoms with Crippen molar-refractivity contribution in [1.82, 2.24) is 20.0 Å². The van der Waals surface area contributed by atoms with Gasteiger partial charge in [-0.15, -0.1) is 0 Å². The molecule has 0 aliphatic heterocycles. The number of aliphatic hydroxyl groups is 1. The van der Waals surface area contributed by atoms with Crippen LogP contribution < -0.4 is 5.32 Å². The number of amides is 1. The lowest BCUT2D eigenvalue weighted by Crippen LogP contribution is -2.44. The van der Waals surface area contributed by atoms with Crippen molar-refractivity contribution in [1.29, 1.82) is 0 Å². The standard InChI is InChI=1S/C21H30N4O2/c1-24(2)13-14-25-19(17-9-5-3-6-10-17)18(15-23-25)20(26)22-16-21(27)11-7-4-8-12-21/h3,5-6,9-10,15,27H,4,7-8,11-14,16H2,1-2H3,(H,22,26). The first-order chi connectivity index (χ1) is 13.0. The van der Waals surface area contributed by atoms with Gasteiger partial charge < -0.3 is 15.3 Å². The maximum Gasteiger partial charge on any atom is 0.255 e. The molecule has 1 amide bonds. The van der Waals surface area contributed by atoms with Crippen LogP contribution in [0.25, 0.3) is 11.3 Å². The zero-order chi connectivity index (χ0) is 19.3. The second-order valence-corrected chi connectivity index (χ2v) is 7.77. The average Bonchev–Trinajstić information content (AvgIpc) is 3.10. The fourth-order valence-electron chi connectivity index (χ4n) is 3.64. The number of carbonyl (C=O) groups excluding carboxylic acids is 1. The summed E-state index contributed by atoms with van der Waals surface area (Å²) in [4.78, 5) is 15.0. The van der Waals surface area contributed by atoms with E-state index in [4.69, 9.17) is 0 Å². The predicted octanol–water partition coefficient (Wildman–Crippen LogP) is 2.54. The molecule has 1 saturated carbocycles. The monoisotopic (exact) mass is 370 g/mol. The zero-order valence-electron chi connectivity index (χ0n) is 16.3. The van der Waals surface area contributed by atoms with Crippen LogP contribution in [-0.4, -0.2) is 58.5 Å². The SMILES string of the molecule is CN(C)CCn1ncc(C(=O)NCC2(O)CCCCC2)c1-c1ccccc1. The molecule has 2 aromatic rings. The minimum atomic E-state index is -0.776. The van der Waals surface area contributed by atoms with Gasteiger partial charge in [-0.05, 0) is 26.9 Å². The van der Waals surface area contributed by atoms with E-state index in [-0.39, 0.29) is 5.91 Å². The van der Waals surface area contributed by atoms with Crippen LogP contribution in [0.5, 0.6) is 0 Å². The Balaban J connectivity index is 1.80. The van der Waals surface area contributed by atoms with Crippen molar-refractivity contribution in [3.8, 4) is 11.3 Å². The molecule has 0 atom stereocenters. The highest BCUT2D eigenvalue weighted by Gasteiger charge is 2.30. The third kappa shape index (κ3) is 4.96. The number of benzene rings is 1. The molecule has 146 valence electrons. The Morgan fingerprint density at radius 3 is 2.59 bits per heavy atom. The molecule has 1 aromatic carbocycles. The summed E-state index contributed by atoms with van der Waals surface area (Å²) >= 11 is 0. The van der Waals surface area contributed by atoms with Gasteiger partial charge in [0.15, 0.2) is 0 Å². The van der Waals surface area contributed by atoms with E-state index in [1.165, 1.54) is 0 Å². The first-order valence-electron chi connectivity index (χ1n) is 9.75. The average molecular weight is 370 g/mol. The molecule has 1 aromatic heterocycles. The van der Waals surface area contributed by atoms with E-state index in [1.54, 1.807) is 6.20 Å². The van der Waals surface area contributed by atoms with E-state index in [1.807, 2.05) is 49.1 Å². The van der Waals surface area contributed by atoms with Gasteiger partial charge in [-0.25, -0.2) is 0 Å². The van der Waals surface area contributed by atoms with Crippen molar-refractivity contribution in [2.75, 3.05) is 27.2 Å². The molecule has 1 aliphatic rings. The van der Waals surface area contributed by atoms with Crippen LogP contribution in [0.3, 0.4) is 0 Å². The van der Waals surface area contributed by atoms with E-state index >= 15 is 0 Å². The number of nitrogens with zero attached hydrogens (tertiary/aromatic N) is 3. The minimum Gasteiger partial charge on any atom is -0.388 e. The van der Waals surface area contributed by atoms with Crippen LogP contribution in [0.2, 0.25) is 0 Å². The van der Waals surface area contributed by atoms with Gasteiger partial charge >= 0.3 is 0 Å². The van der Waals surface area contributed by atoms with E-state index in [2.05, 4.69) is 15.3 Å². The number of rotatable bonds is 7. The van der Waals surface area contributed by atoms with E-state index in [0.717, 1.165) is 49.9 Å². The summed E-state index contributed by atoms with van der Waals surface area (Å²) in [5, 5.41) is 18.1. The van der Waals surface area contributed by atoms with Gasteiger partial charge in [0.2, 0.25) is 0 Å². The van der Waals surface area contributed by atoms with Gasteiger partial charge in [0, 0.05) is 18.7 Å². The van der Waals surface area contributed by atoms with Gasteiger partial charge in [-0.1, -0.05) is 49.6 Å². The summed E-state index contributed by atoms with van der Waals surface area (Å²) in [5.74, 6) is -0.177. The van der Waals surface area contributed by atoms with E-state index < -0.39 is 5.60 Å². The number of hydrogen-bond acceptors (Lipinski definition) is 4. The first-order valence-corrected chi connectivity index (χ1v) is 9.75. The smallest absolute Gasteiger partial charge is 0.255 e. The summed E-state index contributed by atoms with van der Waals surface area (Å²) in [6, 6.07) is 9.88. The highest BCUT2D eigenvalue weighted by atomic mass is 16.3. The Labute approximate surface area is 161 Å². The maximum atomic E-state index is 12.9. The van der Waals surface area contributed by atoms with Gasteiger partial charge in [0.25, 0.3) is 5.91 Å². The molecule has 3 rings (SSSR count). The van der Waals surface area contributed by atoms with Gasteiger partial charge in [-0.2, -0.15) is 5.10 Å². The number of aromatic nitrogens is 2. The fraction of sp³-hybridized carbons (Fsp3) is 0.524. The van der Waals surface area contributed by atoms with Crippen LogP contribution >= 0.6 is 0 Å². The number of nitrogens with one attached hydrogen (secondary N) is 1. The van der Waals surface area contributed by atoms with E-state index in [0.29, 0.717) is 18.7 Å². The lowest BCUT2D eigenvalue weighted by molar-refractivity contribution is 0.00526. The van der Waals surface area contributed by atoms with Crippen molar-refractivity contribution in [2.24, 2.45) is 0 Å². The minimum absolute atomic E-state index is 0.177. The molecule has 6 nitrogen and oxygen atoms in total. The Kier molecular flexibility index (Phi) is 6.29. The Morgan fingerprint density at radius 1 is 1.22 bits per heavy atom. The van der Waals surface area contributed by atoms with E-state index in [9.17, 15) is 9.90 Å². The summed E-state index contributed by atoms with van der Waals surface area (Å²) in [5.41, 5.74) is 1.57. The number of likely N-dealkylation sites (N-methyl/N-ethyl adjacent to an activating group) is 1. The third-order valence-electron chi connectivity index (χ3n) is 5.25. The molecular formula is C21H30N4O2. The van der Waals surface area contributed by atoms with Crippen LogP contribution in [0.15, 0.2) is 36.5 Å². The van der Waals surface area contributed by atoms with Gasteiger partial charge in [0.1, 0.15) is 0 Å². The van der Waals surface area contributed by atoms with Crippen molar-refractivity contribution >= 4 is 5.91 Å². The molecule has 0 bridgehead atoms. The van der Waals surface area contributed by atoms with Crippen LogP contribution in [-0.2, 0) is 6.54 Å². The van der Waals surface area contributed by atoms with Crippen molar-refractivity contribution in [3.05, 3.63) is 42.1 Å². The lowest BCUT2D eigenvalue weighted by Gasteiger charge is -2.32. The van der Waals surface area contributed by atoms with Crippen LogP contribution in [0.4, 0.5) is 0 Å². The van der Waals surface area contributed by atoms with Crippen molar-refractivity contribution in [2.45, 2.75) is 44.2 Å². The van der Waals surface area contributed by atoms with Crippen LogP contribution in [0, 0.1) is 0 Å². The first kappa shape index (κ1) is 19.6. The quantitative estimate of drug-likeness (QED) is 0.786. The molecule has 0 spiro atoms. The summed E-state index contributed by atoms with van der Waals surface area (Å²) in [6.45, 7) is 1.83. The zero-order valence-corrected chi connectivity index (χ0v) is 16.3. The largest absolute Gasteiger partial charge is 0.388 e. The second kappa shape index (κ2) is 8.67. The normalized spacial score (nSPS) is 16.4. The van der Waals surface area contributed by atoms with Gasteiger partial charge in [-0.3, -0.25) is 9.48 Å². The molecule has 0 unspecified atom stereocenters. The molecule has 0 saturated heterocycles. The molecular weight excluding hydrogens is 340 g/mol. The summed E-state index contributed by atoms with van der Waals surface area (Å²) < 4.78 is 1.89. The van der Waals surface area contributed by atoms with Crippen LogP contribution in [0.1, 0.15) is 42.5 Å². The number of carbonyl (C=O) groups is 1.